The zero-order chi connectivity index (χ0) is 14.2. The molecule has 0 radical (unpaired) electrons. The van der Waals surface area contributed by atoms with Crippen LogP contribution in [0.25, 0.3) is 10.2 Å². The SMILES string of the molecule is CC(C)(C)CNc1nc2c(B(O)O)ccc(F)c2s1. The van der Waals surface area contributed by atoms with Gasteiger partial charge in [-0.1, -0.05) is 38.2 Å². The molecule has 102 valence electrons. The van der Waals surface area contributed by atoms with Crippen molar-refractivity contribution in [3.8, 4) is 0 Å². The summed E-state index contributed by atoms with van der Waals surface area (Å²) in [6.45, 7) is 6.94. The molecule has 0 aliphatic carbocycles. The largest absolute Gasteiger partial charge is 0.490 e. The molecule has 4 nitrogen and oxygen atoms in total. The van der Waals surface area contributed by atoms with Crippen LogP contribution in [0.15, 0.2) is 12.1 Å². The van der Waals surface area contributed by atoms with Crippen LogP contribution in [0, 0.1) is 11.2 Å². The number of fused-ring (bicyclic) bond motifs is 1. The molecule has 2 aromatic rings. The Morgan fingerprint density at radius 1 is 1.37 bits per heavy atom. The predicted molar refractivity (Wildman–Crippen MR) is 77.3 cm³/mol. The van der Waals surface area contributed by atoms with Crippen molar-refractivity contribution < 1.29 is 14.4 Å². The van der Waals surface area contributed by atoms with E-state index in [1.165, 1.54) is 23.5 Å². The lowest BCUT2D eigenvalue weighted by atomic mass is 9.79. The van der Waals surface area contributed by atoms with Crippen molar-refractivity contribution >= 4 is 39.3 Å². The molecule has 0 bridgehead atoms. The van der Waals surface area contributed by atoms with E-state index < -0.39 is 12.9 Å². The van der Waals surface area contributed by atoms with Crippen LogP contribution in [-0.4, -0.2) is 28.7 Å². The number of thiazole rings is 1. The van der Waals surface area contributed by atoms with Gasteiger partial charge in [0.1, 0.15) is 5.82 Å². The smallest absolute Gasteiger partial charge is 0.423 e. The molecule has 2 rings (SSSR count). The maximum absolute atomic E-state index is 13.7. The normalized spacial score (nSPS) is 11.9. The van der Waals surface area contributed by atoms with E-state index in [0.717, 1.165) is 0 Å². The van der Waals surface area contributed by atoms with Crippen LogP contribution >= 0.6 is 11.3 Å². The zero-order valence-electron chi connectivity index (χ0n) is 11.1. The van der Waals surface area contributed by atoms with Crippen LogP contribution in [0.1, 0.15) is 20.8 Å². The first kappa shape index (κ1) is 14.2. The Labute approximate surface area is 115 Å². The fourth-order valence-corrected chi connectivity index (χ4v) is 2.52. The van der Waals surface area contributed by atoms with E-state index in [9.17, 15) is 14.4 Å². The molecule has 7 heteroatoms. The molecule has 1 aromatic carbocycles. The number of rotatable bonds is 3. The molecule has 0 atom stereocenters. The minimum Gasteiger partial charge on any atom is -0.423 e. The molecule has 1 aromatic heterocycles. The number of nitrogens with zero attached hydrogens (tertiary/aromatic N) is 1. The highest BCUT2D eigenvalue weighted by atomic mass is 32.1. The van der Waals surface area contributed by atoms with Gasteiger partial charge in [0.2, 0.25) is 0 Å². The number of anilines is 1. The number of hydrogen-bond acceptors (Lipinski definition) is 5. The van der Waals surface area contributed by atoms with Gasteiger partial charge in [0.05, 0.1) is 10.2 Å². The average Bonchev–Trinajstić information content (AvgIpc) is 2.70. The van der Waals surface area contributed by atoms with Gasteiger partial charge in [0.25, 0.3) is 0 Å². The van der Waals surface area contributed by atoms with Crippen molar-refractivity contribution in [2.45, 2.75) is 20.8 Å². The fraction of sp³-hybridized carbons (Fsp3) is 0.417. The van der Waals surface area contributed by atoms with Gasteiger partial charge in [-0.05, 0) is 11.5 Å². The summed E-state index contributed by atoms with van der Waals surface area (Å²) < 4.78 is 14.0. The van der Waals surface area contributed by atoms with E-state index in [1.54, 1.807) is 0 Å². The first-order valence-electron chi connectivity index (χ1n) is 5.97. The van der Waals surface area contributed by atoms with E-state index in [2.05, 4.69) is 31.1 Å². The van der Waals surface area contributed by atoms with Crippen LogP contribution in [0.4, 0.5) is 9.52 Å². The Morgan fingerprint density at radius 2 is 2.05 bits per heavy atom. The molecule has 1 heterocycles. The first-order valence-corrected chi connectivity index (χ1v) is 6.78. The molecular formula is C12H16BFN2O2S. The molecule has 0 unspecified atom stereocenters. The standard InChI is InChI=1S/C12H16BFN2O2S/c1-12(2,3)6-15-11-16-9-7(13(17)18)4-5-8(14)10(9)19-11/h4-5,17-18H,6H2,1-3H3,(H,15,16). The summed E-state index contributed by atoms with van der Waals surface area (Å²) in [6.07, 6.45) is 0. The zero-order valence-corrected chi connectivity index (χ0v) is 11.9. The summed E-state index contributed by atoms with van der Waals surface area (Å²) in [5.74, 6) is -0.402. The maximum Gasteiger partial charge on any atom is 0.490 e. The van der Waals surface area contributed by atoms with Crippen LogP contribution < -0.4 is 10.8 Å². The molecule has 0 saturated carbocycles. The summed E-state index contributed by atoms with van der Waals surface area (Å²) in [7, 11) is -1.65. The highest BCUT2D eigenvalue weighted by Gasteiger charge is 2.20. The fourth-order valence-electron chi connectivity index (χ4n) is 1.62. The third-order valence-corrected chi connectivity index (χ3v) is 3.60. The topological polar surface area (TPSA) is 65.4 Å². The third-order valence-electron chi connectivity index (χ3n) is 2.57. The molecule has 3 N–H and O–H groups in total. The Kier molecular flexibility index (Phi) is 3.80. The summed E-state index contributed by atoms with van der Waals surface area (Å²) >= 11 is 1.18. The van der Waals surface area contributed by atoms with Gasteiger partial charge in [0.15, 0.2) is 5.13 Å². The summed E-state index contributed by atoms with van der Waals surface area (Å²) in [6, 6.07) is 2.57. The van der Waals surface area contributed by atoms with Gasteiger partial charge in [0, 0.05) is 12.0 Å². The lowest BCUT2D eigenvalue weighted by molar-refractivity contribution is 0.426. The third kappa shape index (κ3) is 3.23. The minimum absolute atomic E-state index is 0.0791. The second kappa shape index (κ2) is 5.07. The van der Waals surface area contributed by atoms with Gasteiger partial charge >= 0.3 is 7.12 Å². The van der Waals surface area contributed by atoms with Gasteiger partial charge in [-0.25, -0.2) is 9.37 Å². The highest BCUT2D eigenvalue weighted by Crippen LogP contribution is 2.28. The predicted octanol–water partition coefficient (Wildman–Crippen LogP) is 1.57. The van der Waals surface area contributed by atoms with E-state index in [4.69, 9.17) is 0 Å². The minimum atomic E-state index is -1.65. The Balaban J connectivity index is 2.39. The van der Waals surface area contributed by atoms with Crippen molar-refractivity contribution in [3.63, 3.8) is 0 Å². The summed E-state index contributed by atoms with van der Waals surface area (Å²) in [4.78, 5) is 4.25. The maximum atomic E-state index is 13.7. The number of hydrogen-bond donors (Lipinski definition) is 3. The van der Waals surface area contributed by atoms with Crippen LogP contribution in [0.5, 0.6) is 0 Å². The monoisotopic (exact) mass is 282 g/mol. The lowest BCUT2D eigenvalue weighted by Gasteiger charge is -2.17. The Bertz CT molecular complexity index is 595. The number of aromatic nitrogens is 1. The van der Waals surface area contributed by atoms with Crippen molar-refractivity contribution in [2.75, 3.05) is 11.9 Å². The van der Waals surface area contributed by atoms with Crippen molar-refractivity contribution in [1.29, 1.82) is 0 Å². The molecule has 0 fully saturated rings. The second-order valence-corrected chi connectivity index (χ2v) is 6.62. The van der Waals surface area contributed by atoms with Crippen LogP contribution in [0.2, 0.25) is 0 Å². The Morgan fingerprint density at radius 3 is 2.63 bits per heavy atom. The lowest BCUT2D eigenvalue weighted by Crippen LogP contribution is -2.30. The van der Waals surface area contributed by atoms with Crippen molar-refractivity contribution in [3.05, 3.63) is 17.9 Å². The van der Waals surface area contributed by atoms with Gasteiger partial charge in [-0.2, -0.15) is 0 Å². The van der Waals surface area contributed by atoms with E-state index >= 15 is 0 Å². The number of nitrogens with one attached hydrogen (secondary N) is 1. The van der Waals surface area contributed by atoms with E-state index in [1.807, 2.05) is 0 Å². The summed E-state index contributed by atoms with van der Waals surface area (Å²) in [5, 5.41) is 22.2. The number of benzene rings is 1. The van der Waals surface area contributed by atoms with Gasteiger partial charge in [-0.3, -0.25) is 0 Å². The van der Waals surface area contributed by atoms with Crippen molar-refractivity contribution in [2.24, 2.45) is 5.41 Å². The second-order valence-electron chi connectivity index (χ2n) is 5.62. The van der Waals surface area contributed by atoms with E-state index in [-0.39, 0.29) is 10.9 Å². The van der Waals surface area contributed by atoms with Crippen LogP contribution in [0.3, 0.4) is 0 Å². The molecule has 0 aliphatic rings. The molecule has 0 saturated heterocycles. The van der Waals surface area contributed by atoms with E-state index in [0.29, 0.717) is 21.9 Å². The average molecular weight is 282 g/mol. The summed E-state index contributed by atoms with van der Waals surface area (Å²) in [5.41, 5.74) is 0.600. The van der Waals surface area contributed by atoms with Crippen molar-refractivity contribution in [1.82, 2.24) is 4.98 Å². The molecule has 0 aliphatic heterocycles. The molecular weight excluding hydrogens is 266 g/mol. The van der Waals surface area contributed by atoms with Crippen LogP contribution in [-0.2, 0) is 0 Å². The highest BCUT2D eigenvalue weighted by molar-refractivity contribution is 7.22. The molecule has 0 amide bonds. The quantitative estimate of drug-likeness (QED) is 0.748. The Hall–Kier alpha value is -1.18. The molecule has 0 spiro atoms. The number of halogens is 1. The van der Waals surface area contributed by atoms with Gasteiger partial charge < -0.3 is 15.4 Å². The first-order chi connectivity index (χ1) is 8.78. The van der Waals surface area contributed by atoms with Gasteiger partial charge in [-0.15, -0.1) is 0 Å². The molecule has 19 heavy (non-hydrogen) atoms.